The summed E-state index contributed by atoms with van der Waals surface area (Å²) >= 11 is 1.24. The lowest BCUT2D eigenvalue weighted by molar-refractivity contribution is -0.139. The van der Waals surface area contributed by atoms with Gasteiger partial charge in [-0.05, 0) is 38.0 Å². The maximum absolute atomic E-state index is 12.8. The number of hydrazine groups is 1. The van der Waals surface area contributed by atoms with Gasteiger partial charge in [-0.25, -0.2) is 4.79 Å². The number of aromatic nitrogens is 3. The van der Waals surface area contributed by atoms with Crippen molar-refractivity contribution in [2.24, 2.45) is 5.92 Å². The quantitative estimate of drug-likeness (QED) is 0.387. The lowest BCUT2D eigenvalue weighted by atomic mass is 9.77. The van der Waals surface area contributed by atoms with E-state index in [0.717, 1.165) is 43.7 Å². The Balaban J connectivity index is 1.52. The number of hydrogen-bond donors (Lipinski definition) is 2. The van der Waals surface area contributed by atoms with Gasteiger partial charge in [0.05, 0.1) is 5.75 Å². The average molecular weight is 409 g/mol. The maximum Gasteiger partial charge on any atom is 0.344 e. The van der Waals surface area contributed by atoms with Gasteiger partial charge in [-0.3, -0.25) is 15.0 Å². The van der Waals surface area contributed by atoms with E-state index < -0.39 is 17.5 Å². The minimum Gasteiger partial charge on any atom is -0.322 e. The number of rotatable bonds is 8. The Bertz CT molecular complexity index is 729. The van der Waals surface area contributed by atoms with Crippen molar-refractivity contribution >= 4 is 29.6 Å². The third-order valence-corrected chi connectivity index (χ3v) is 6.42. The van der Waals surface area contributed by atoms with Crippen molar-refractivity contribution in [3.05, 3.63) is 6.33 Å². The van der Waals surface area contributed by atoms with E-state index in [4.69, 9.17) is 0 Å². The molecule has 0 bridgehead atoms. The van der Waals surface area contributed by atoms with Crippen molar-refractivity contribution in [2.45, 2.75) is 76.0 Å². The number of imide groups is 1. The zero-order chi connectivity index (χ0) is 20.1. The summed E-state index contributed by atoms with van der Waals surface area (Å²) in [6, 6.07) is -0.555. The van der Waals surface area contributed by atoms with Crippen LogP contribution in [-0.2, 0) is 16.1 Å². The van der Waals surface area contributed by atoms with E-state index in [9.17, 15) is 14.4 Å². The van der Waals surface area contributed by atoms with Gasteiger partial charge in [0, 0.05) is 6.54 Å². The molecule has 1 aliphatic heterocycles. The van der Waals surface area contributed by atoms with E-state index in [1.165, 1.54) is 11.8 Å². The molecular weight excluding hydrogens is 380 g/mol. The molecule has 2 N–H and O–H groups in total. The number of nitrogens with zero attached hydrogens (tertiary/aromatic N) is 4. The number of nitrogens with one attached hydrogen (secondary N) is 2. The van der Waals surface area contributed by atoms with E-state index in [0.29, 0.717) is 23.9 Å². The summed E-state index contributed by atoms with van der Waals surface area (Å²) in [7, 11) is 0. The molecule has 28 heavy (non-hydrogen) atoms. The first kappa shape index (κ1) is 20.6. The molecule has 0 atom stereocenters. The second-order valence-corrected chi connectivity index (χ2v) is 8.62. The van der Waals surface area contributed by atoms with Crippen LogP contribution in [0.3, 0.4) is 0 Å². The number of amides is 4. The molecule has 1 spiro atoms. The Hall–Kier alpha value is -2.10. The number of carbonyl (C=O) groups is 3. The van der Waals surface area contributed by atoms with E-state index >= 15 is 0 Å². The summed E-state index contributed by atoms with van der Waals surface area (Å²) in [6.45, 7) is 5.09. The number of carbonyl (C=O) groups excluding carboxylic acids is 3. The number of aryl methyl sites for hydroxylation is 1. The van der Waals surface area contributed by atoms with Gasteiger partial charge in [0.1, 0.15) is 11.9 Å². The van der Waals surface area contributed by atoms with E-state index in [1.807, 2.05) is 4.57 Å². The Kier molecular flexibility index (Phi) is 6.58. The third-order valence-electron chi connectivity index (χ3n) is 5.44. The molecule has 9 nitrogen and oxygen atoms in total. The number of hydrogen-bond acceptors (Lipinski definition) is 6. The highest BCUT2D eigenvalue weighted by atomic mass is 32.2. The van der Waals surface area contributed by atoms with Crippen LogP contribution in [0.5, 0.6) is 0 Å². The summed E-state index contributed by atoms with van der Waals surface area (Å²) in [5.41, 5.74) is 1.59. The molecule has 1 saturated heterocycles. The molecule has 10 heteroatoms. The monoisotopic (exact) mass is 408 g/mol. The fourth-order valence-corrected chi connectivity index (χ4v) is 4.38. The smallest absolute Gasteiger partial charge is 0.322 e. The summed E-state index contributed by atoms with van der Waals surface area (Å²) in [5.74, 6) is -0.179. The highest BCUT2D eigenvalue weighted by Gasteiger charge is 2.52. The predicted octanol–water partition coefficient (Wildman–Crippen LogP) is 2.09. The van der Waals surface area contributed by atoms with Crippen LogP contribution in [0.2, 0.25) is 0 Å². The van der Waals surface area contributed by atoms with Gasteiger partial charge in [-0.2, -0.15) is 5.01 Å². The van der Waals surface area contributed by atoms with Gasteiger partial charge < -0.3 is 9.88 Å². The van der Waals surface area contributed by atoms with Gasteiger partial charge in [0.2, 0.25) is 5.91 Å². The second-order valence-electron chi connectivity index (χ2n) is 7.67. The minimum atomic E-state index is -0.858. The molecule has 1 aliphatic carbocycles. The Morgan fingerprint density at radius 2 is 2.11 bits per heavy atom. The Morgan fingerprint density at radius 3 is 2.82 bits per heavy atom. The first-order chi connectivity index (χ1) is 13.4. The van der Waals surface area contributed by atoms with Gasteiger partial charge in [-0.15, -0.1) is 10.2 Å². The van der Waals surface area contributed by atoms with Crippen LogP contribution in [0.1, 0.15) is 58.8 Å². The van der Waals surface area contributed by atoms with Crippen LogP contribution in [0.15, 0.2) is 11.5 Å². The molecule has 2 aliphatic rings. The number of thioether (sulfide) groups is 1. The van der Waals surface area contributed by atoms with Gasteiger partial charge in [-0.1, -0.05) is 38.5 Å². The molecule has 154 valence electrons. The minimum absolute atomic E-state index is 0.0492. The van der Waals surface area contributed by atoms with E-state index in [1.54, 1.807) is 6.33 Å². The van der Waals surface area contributed by atoms with Gasteiger partial charge in [0.25, 0.3) is 5.91 Å². The van der Waals surface area contributed by atoms with Crippen LogP contribution in [0, 0.1) is 5.92 Å². The van der Waals surface area contributed by atoms with Gasteiger partial charge >= 0.3 is 6.03 Å². The molecule has 3 rings (SSSR count). The first-order valence-corrected chi connectivity index (χ1v) is 10.9. The van der Waals surface area contributed by atoms with Crippen LogP contribution < -0.4 is 10.7 Å². The summed E-state index contributed by atoms with van der Waals surface area (Å²) in [6.07, 6.45) is 7.92. The van der Waals surface area contributed by atoms with Crippen molar-refractivity contribution in [3.63, 3.8) is 0 Å². The highest BCUT2D eigenvalue weighted by Crippen LogP contribution is 2.35. The van der Waals surface area contributed by atoms with E-state index in [-0.39, 0.29) is 11.7 Å². The van der Waals surface area contributed by atoms with Crippen molar-refractivity contribution in [3.8, 4) is 0 Å². The van der Waals surface area contributed by atoms with Crippen LogP contribution in [0.4, 0.5) is 4.79 Å². The molecule has 0 radical (unpaired) electrons. The van der Waals surface area contributed by atoms with Crippen molar-refractivity contribution in [2.75, 3.05) is 5.75 Å². The largest absolute Gasteiger partial charge is 0.344 e. The van der Waals surface area contributed by atoms with Gasteiger partial charge in [0.15, 0.2) is 5.16 Å². The third kappa shape index (κ3) is 4.48. The molecule has 1 aromatic heterocycles. The zero-order valence-corrected chi connectivity index (χ0v) is 17.3. The summed E-state index contributed by atoms with van der Waals surface area (Å²) in [4.78, 5) is 37.3. The van der Waals surface area contributed by atoms with Crippen LogP contribution in [0.25, 0.3) is 0 Å². The summed E-state index contributed by atoms with van der Waals surface area (Å²) < 4.78 is 1.92. The van der Waals surface area contributed by atoms with Crippen molar-refractivity contribution in [1.29, 1.82) is 0 Å². The standard InChI is InChI=1S/C18H28N6O3S/c1-3-4-5-10-23-12-19-21-17(23)28-11-14(25)22-24-15(26)18(20-16(24)27)8-6-13(2)7-9-18/h12-13H,3-11H2,1-2H3,(H,20,27)(H,22,25). The normalized spacial score (nSPS) is 24.6. The lowest BCUT2D eigenvalue weighted by Crippen LogP contribution is -2.51. The maximum atomic E-state index is 12.8. The van der Waals surface area contributed by atoms with E-state index in [2.05, 4.69) is 34.8 Å². The highest BCUT2D eigenvalue weighted by molar-refractivity contribution is 7.99. The molecule has 0 aromatic carbocycles. The van der Waals surface area contributed by atoms with Crippen molar-refractivity contribution in [1.82, 2.24) is 30.5 Å². The molecule has 2 fully saturated rings. The van der Waals surface area contributed by atoms with Crippen molar-refractivity contribution < 1.29 is 14.4 Å². The average Bonchev–Trinajstić information content (AvgIpc) is 3.21. The summed E-state index contributed by atoms with van der Waals surface area (Å²) in [5, 5.41) is 12.2. The fourth-order valence-electron chi connectivity index (χ4n) is 3.64. The topological polar surface area (TPSA) is 109 Å². The zero-order valence-electron chi connectivity index (χ0n) is 16.4. The Labute approximate surface area is 169 Å². The molecule has 4 amide bonds. The van der Waals surface area contributed by atoms with Crippen LogP contribution >= 0.6 is 11.8 Å². The molecule has 2 heterocycles. The lowest BCUT2D eigenvalue weighted by Gasteiger charge is -2.33. The predicted molar refractivity (Wildman–Crippen MR) is 104 cm³/mol. The number of unbranched alkanes of at least 4 members (excludes halogenated alkanes) is 2. The molecular formula is C18H28N6O3S. The second kappa shape index (κ2) is 8.93. The molecule has 1 saturated carbocycles. The first-order valence-electron chi connectivity index (χ1n) is 9.92. The Morgan fingerprint density at radius 1 is 1.36 bits per heavy atom. The SMILES string of the molecule is CCCCCn1cnnc1SCC(=O)NN1C(=O)NC2(CCC(C)CC2)C1=O. The fraction of sp³-hybridized carbons (Fsp3) is 0.722. The van der Waals surface area contributed by atoms with Crippen LogP contribution in [-0.4, -0.2) is 48.9 Å². The molecule has 1 aromatic rings. The number of urea groups is 1. The molecule has 0 unspecified atom stereocenters.